The fourth-order valence-corrected chi connectivity index (χ4v) is 1.98. The molecule has 1 heterocycles. The smallest absolute Gasteiger partial charge is 0.0658 e. The molecule has 0 bridgehead atoms. The van der Waals surface area contributed by atoms with Crippen LogP contribution in [0.5, 0.6) is 0 Å². The second-order valence-electron chi connectivity index (χ2n) is 5.25. The summed E-state index contributed by atoms with van der Waals surface area (Å²) < 4.78 is 0. The van der Waals surface area contributed by atoms with E-state index >= 15 is 0 Å². The van der Waals surface area contributed by atoms with Gasteiger partial charge in [0.05, 0.1) is 5.69 Å². The van der Waals surface area contributed by atoms with Gasteiger partial charge in [-0.2, -0.15) is 0 Å². The van der Waals surface area contributed by atoms with E-state index in [1.54, 1.807) is 0 Å². The Morgan fingerprint density at radius 3 is 2.47 bits per heavy atom. The molecular weight excluding hydrogens is 206 g/mol. The second-order valence-corrected chi connectivity index (χ2v) is 5.25. The highest BCUT2D eigenvalue weighted by Crippen LogP contribution is 2.35. The number of aromatic nitrogens is 1. The first kappa shape index (κ1) is 14.0. The third kappa shape index (κ3) is 3.42. The maximum absolute atomic E-state index is 4.46. The second kappa shape index (κ2) is 6.00. The van der Waals surface area contributed by atoms with E-state index in [1.807, 2.05) is 12.3 Å². The fourth-order valence-electron chi connectivity index (χ4n) is 1.98. The van der Waals surface area contributed by atoms with Crippen molar-refractivity contribution in [1.82, 2.24) is 4.98 Å². The topological polar surface area (TPSA) is 12.9 Å². The first-order valence-electron chi connectivity index (χ1n) is 6.66. The molecule has 1 nitrogen and oxygen atoms in total. The van der Waals surface area contributed by atoms with E-state index in [2.05, 4.69) is 57.8 Å². The van der Waals surface area contributed by atoms with Crippen LogP contribution in [-0.4, -0.2) is 4.98 Å². The van der Waals surface area contributed by atoms with Gasteiger partial charge in [0.25, 0.3) is 0 Å². The van der Waals surface area contributed by atoms with E-state index in [0.29, 0.717) is 5.92 Å². The van der Waals surface area contributed by atoms with Gasteiger partial charge in [0.1, 0.15) is 0 Å². The molecule has 1 rings (SSSR count). The van der Waals surface area contributed by atoms with Gasteiger partial charge < -0.3 is 0 Å². The van der Waals surface area contributed by atoms with Crippen LogP contribution in [0.3, 0.4) is 0 Å². The molecule has 0 aliphatic rings. The van der Waals surface area contributed by atoms with Crippen LogP contribution in [0, 0.1) is 11.3 Å². The van der Waals surface area contributed by atoms with E-state index in [0.717, 1.165) is 12.1 Å². The van der Waals surface area contributed by atoms with Crippen molar-refractivity contribution in [2.24, 2.45) is 11.3 Å². The van der Waals surface area contributed by atoms with Crippen molar-refractivity contribution >= 4 is 5.57 Å². The summed E-state index contributed by atoms with van der Waals surface area (Å²) in [7, 11) is 0. The van der Waals surface area contributed by atoms with Crippen molar-refractivity contribution in [2.45, 2.75) is 47.5 Å². The van der Waals surface area contributed by atoms with E-state index in [-0.39, 0.29) is 5.41 Å². The highest BCUT2D eigenvalue weighted by Gasteiger charge is 2.24. The highest BCUT2D eigenvalue weighted by molar-refractivity contribution is 5.62. The Balaban J connectivity index is 3.10. The van der Waals surface area contributed by atoms with E-state index in [9.17, 15) is 0 Å². The van der Waals surface area contributed by atoms with Crippen LogP contribution in [0.2, 0.25) is 0 Å². The minimum atomic E-state index is 0.267. The Hall–Kier alpha value is -1.11. The molecule has 0 saturated carbocycles. The standard InChI is InChI=1S/C16H25N/c1-6-14(15-10-8-9-11-17-15)12-16(5,7-2)13(3)4/h8-13H,6-7H2,1-5H3/b14-12+. The lowest BCUT2D eigenvalue weighted by molar-refractivity contribution is 0.287. The molecule has 94 valence electrons. The number of hydrogen-bond acceptors (Lipinski definition) is 1. The average Bonchev–Trinajstić information content (AvgIpc) is 2.36. The predicted molar refractivity (Wildman–Crippen MR) is 75.7 cm³/mol. The minimum absolute atomic E-state index is 0.267. The first-order valence-corrected chi connectivity index (χ1v) is 6.66. The molecule has 0 aliphatic carbocycles. The summed E-state index contributed by atoms with van der Waals surface area (Å²) in [5, 5.41) is 0. The predicted octanol–water partition coefficient (Wildman–Crippen LogP) is 4.95. The summed E-state index contributed by atoms with van der Waals surface area (Å²) >= 11 is 0. The molecule has 0 fully saturated rings. The molecule has 1 aromatic rings. The molecule has 0 spiro atoms. The molecule has 17 heavy (non-hydrogen) atoms. The minimum Gasteiger partial charge on any atom is -0.257 e. The van der Waals surface area contributed by atoms with Crippen molar-refractivity contribution in [3.05, 3.63) is 36.2 Å². The lowest BCUT2D eigenvalue weighted by atomic mass is 9.75. The Kier molecular flexibility index (Phi) is 4.92. The van der Waals surface area contributed by atoms with Crippen molar-refractivity contribution in [1.29, 1.82) is 0 Å². The van der Waals surface area contributed by atoms with E-state index < -0.39 is 0 Å². The fraction of sp³-hybridized carbons (Fsp3) is 0.562. The van der Waals surface area contributed by atoms with Crippen LogP contribution in [0.4, 0.5) is 0 Å². The monoisotopic (exact) mass is 231 g/mol. The largest absolute Gasteiger partial charge is 0.257 e. The number of nitrogens with zero attached hydrogens (tertiary/aromatic N) is 1. The van der Waals surface area contributed by atoms with Crippen LogP contribution in [0.25, 0.3) is 5.57 Å². The summed E-state index contributed by atoms with van der Waals surface area (Å²) in [6, 6.07) is 6.13. The van der Waals surface area contributed by atoms with Crippen molar-refractivity contribution in [3.8, 4) is 0 Å². The zero-order valence-corrected chi connectivity index (χ0v) is 11.8. The van der Waals surface area contributed by atoms with Gasteiger partial charge in [0.15, 0.2) is 0 Å². The van der Waals surface area contributed by atoms with Gasteiger partial charge in [0.2, 0.25) is 0 Å². The van der Waals surface area contributed by atoms with Gasteiger partial charge in [-0.1, -0.05) is 46.8 Å². The molecular formula is C16H25N. The van der Waals surface area contributed by atoms with Crippen molar-refractivity contribution in [2.75, 3.05) is 0 Å². The number of rotatable bonds is 5. The number of hydrogen-bond donors (Lipinski definition) is 0. The van der Waals surface area contributed by atoms with Gasteiger partial charge in [-0.15, -0.1) is 0 Å². The van der Waals surface area contributed by atoms with Crippen LogP contribution >= 0.6 is 0 Å². The SMILES string of the molecule is CC/C(=C\C(C)(CC)C(C)C)c1ccccn1. The van der Waals surface area contributed by atoms with Crippen LogP contribution in [0.15, 0.2) is 30.5 Å². The average molecular weight is 231 g/mol. The molecule has 1 atom stereocenters. The number of allylic oxidation sites excluding steroid dienone is 2. The Morgan fingerprint density at radius 2 is 2.06 bits per heavy atom. The Morgan fingerprint density at radius 1 is 1.35 bits per heavy atom. The molecule has 0 aromatic carbocycles. The molecule has 0 saturated heterocycles. The first-order chi connectivity index (χ1) is 8.03. The molecule has 1 aromatic heterocycles. The summed E-state index contributed by atoms with van der Waals surface area (Å²) in [6.07, 6.45) is 6.51. The maximum Gasteiger partial charge on any atom is 0.0658 e. The van der Waals surface area contributed by atoms with Gasteiger partial charge in [0, 0.05) is 6.20 Å². The van der Waals surface area contributed by atoms with Crippen LogP contribution < -0.4 is 0 Å². The Labute approximate surface area is 106 Å². The molecule has 0 N–H and O–H groups in total. The lowest BCUT2D eigenvalue weighted by Crippen LogP contribution is -2.20. The third-order valence-corrected chi connectivity index (χ3v) is 3.96. The van der Waals surface area contributed by atoms with E-state index in [1.165, 1.54) is 12.0 Å². The number of pyridine rings is 1. The third-order valence-electron chi connectivity index (χ3n) is 3.96. The van der Waals surface area contributed by atoms with Crippen LogP contribution in [0.1, 0.15) is 53.2 Å². The Bertz CT molecular complexity index is 364. The normalized spacial score (nSPS) is 16.0. The van der Waals surface area contributed by atoms with Gasteiger partial charge in [-0.05, 0) is 41.9 Å². The quantitative estimate of drug-likeness (QED) is 0.699. The summed E-state index contributed by atoms with van der Waals surface area (Å²) in [5.41, 5.74) is 2.75. The summed E-state index contributed by atoms with van der Waals surface area (Å²) in [5.74, 6) is 0.651. The molecule has 1 unspecified atom stereocenters. The maximum atomic E-state index is 4.46. The zero-order valence-electron chi connectivity index (χ0n) is 11.8. The molecule has 0 radical (unpaired) electrons. The summed E-state index contributed by atoms with van der Waals surface area (Å²) in [6.45, 7) is 11.4. The van der Waals surface area contributed by atoms with Gasteiger partial charge >= 0.3 is 0 Å². The van der Waals surface area contributed by atoms with Gasteiger partial charge in [-0.3, -0.25) is 4.98 Å². The lowest BCUT2D eigenvalue weighted by Gasteiger charge is -2.30. The van der Waals surface area contributed by atoms with Crippen molar-refractivity contribution in [3.63, 3.8) is 0 Å². The van der Waals surface area contributed by atoms with Crippen molar-refractivity contribution < 1.29 is 0 Å². The van der Waals surface area contributed by atoms with Crippen LogP contribution in [-0.2, 0) is 0 Å². The van der Waals surface area contributed by atoms with Gasteiger partial charge in [-0.25, -0.2) is 0 Å². The molecule has 0 amide bonds. The summed E-state index contributed by atoms with van der Waals surface area (Å²) in [4.78, 5) is 4.46. The zero-order chi connectivity index (χ0) is 12.9. The molecule has 0 aliphatic heterocycles. The van der Waals surface area contributed by atoms with E-state index in [4.69, 9.17) is 0 Å². The highest BCUT2D eigenvalue weighted by atomic mass is 14.7. The molecule has 1 heteroatoms.